The highest BCUT2D eigenvalue weighted by atomic mass is 16.6. The largest absolute Gasteiger partial charge is 0.500 e. The summed E-state index contributed by atoms with van der Waals surface area (Å²) in [6.07, 6.45) is 2.12. The molecule has 1 aliphatic carbocycles. The van der Waals surface area contributed by atoms with Crippen molar-refractivity contribution in [3.8, 4) is 11.5 Å². The summed E-state index contributed by atoms with van der Waals surface area (Å²) in [5.41, 5.74) is 1.95. The molecule has 1 aliphatic heterocycles. The lowest BCUT2D eigenvalue weighted by atomic mass is 9.72. The topological polar surface area (TPSA) is 141 Å². The van der Waals surface area contributed by atoms with E-state index in [9.17, 15) is 24.8 Å². The highest BCUT2D eigenvalue weighted by molar-refractivity contribution is 6.04. The van der Waals surface area contributed by atoms with Crippen LogP contribution in [0.15, 0.2) is 87.8 Å². The predicted molar refractivity (Wildman–Crippen MR) is 139 cm³/mol. The Morgan fingerprint density at radius 3 is 2.62 bits per heavy atom. The first-order valence-corrected chi connectivity index (χ1v) is 12.3. The number of Topliss-reactive ketones (excluding diaryl/α,β-unsaturated/α-hetero) is 1. The lowest BCUT2D eigenvalue weighted by Crippen LogP contribution is -2.36. The van der Waals surface area contributed by atoms with Crippen molar-refractivity contribution in [3.63, 3.8) is 0 Å². The molecule has 0 spiro atoms. The number of allylic oxidation sites excluding steroid dienone is 3. The lowest BCUT2D eigenvalue weighted by Gasteiger charge is -2.36. The summed E-state index contributed by atoms with van der Waals surface area (Å²) in [5, 5.41) is 25.4. The Balaban J connectivity index is 1.61. The zero-order valence-corrected chi connectivity index (χ0v) is 21.3. The van der Waals surface area contributed by atoms with Gasteiger partial charge in [-0.2, -0.15) is 0 Å². The van der Waals surface area contributed by atoms with Crippen molar-refractivity contribution in [2.75, 3.05) is 7.11 Å². The minimum absolute atomic E-state index is 0.00262. The number of phenolic OH excluding ortho intramolecular Hbond substituents is 1. The van der Waals surface area contributed by atoms with E-state index in [-0.39, 0.29) is 41.6 Å². The van der Waals surface area contributed by atoms with Gasteiger partial charge in [0.05, 0.1) is 23.9 Å². The number of ketones is 1. The van der Waals surface area contributed by atoms with Gasteiger partial charge in [0.1, 0.15) is 12.4 Å². The zero-order valence-electron chi connectivity index (χ0n) is 21.3. The second-order valence-corrected chi connectivity index (χ2v) is 9.44. The molecule has 2 aromatic carbocycles. The van der Waals surface area contributed by atoms with Crippen LogP contribution in [0.25, 0.3) is 0 Å². The molecule has 0 saturated heterocycles. The fraction of sp³-hybridized carbons (Fsp3) is 0.241. The summed E-state index contributed by atoms with van der Waals surface area (Å²) < 4.78 is 16.4. The van der Waals surface area contributed by atoms with Crippen LogP contribution in [0.3, 0.4) is 0 Å². The van der Waals surface area contributed by atoms with E-state index in [0.29, 0.717) is 29.1 Å². The Hall–Kier alpha value is -4.86. The third-order valence-corrected chi connectivity index (χ3v) is 7.03. The summed E-state index contributed by atoms with van der Waals surface area (Å²) in [7, 11) is 1.27. The normalized spacial score (nSPS) is 18.9. The number of methoxy groups -OCH3 is 1. The van der Waals surface area contributed by atoms with Crippen molar-refractivity contribution in [3.05, 3.63) is 110 Å². The van der Waals surface area contributed by atoms with Crippen LogP contribution in [0.4, 0.5) is 5.69 Å². The average Bonchev–Trinajstić information content (AvgIpc) is 3.47. The number of nitro benzene ring substituents is 1. The number of rotatable bonds is 7. The molecule has 2 heterocycles. The summed E-state index contributed by atoms with van der Waals surface area (Å²) in [5.74, 6) is -2.21. The van der Waals surface area contributed by atoms with Crippen molar-refractivity contribution in [1.29, 1.82) is 0 Å². The molecular formula is C29H26N2O8. The zero-order chi connectivity index (χ0) is 27.7. The SMILES string of the molecule is COc1cc([C@@H]2C(C(=O)OCc3ccccc3)=C(C)NC3=C2C(=O)C[C@@H](c2ccco2)C3)cc([N+](=O)[O-])c1O. The van der Waals surface area contributed by atoms with E-state index in [2.05, 4.69) is 5.32 Å². The molecule has 2 N–H and O–H groups in total. The molecule has 2 aliphatic rings. The number of nitrogens with one attached hydrogen (secondary N) is 1. The van der Waals surface area contributed by atoms with Gasteiger partial charge < -0.3 is 24.3 Å². The molecule has 200 valence electrons. The summed E-state index contributed by atoms with van der Waals surface area (Å²) in [6, 6.07) is 15.3. The highest BCUT2D eigenvalue weighted by Crippen LogP contribution is 2.48. The first-order chi connectivity index (χ1) is 18.8. The number of aromatic hydroxyl groups is 1. The maximum absolute atomic E-state index is 13.7. The Kier molecular flexibility index (Phi) is 6.93. The molecule has 10 heteroatoms. The van der Waals surface area contributed by atoms with E-state index >= 15 is 0 Å². The third-order valence-electron chi connectivity index (χ3n) is 7.03. The van der Waals surface area contributed by atoms with Crippen LogP contribution in [-0.4, -0.2) is 28.9 Å². The number of carbonyl (C=O) groups is 2. The highest BCUT2D eigenvalue weighted by Gasteiger charge is 2.43. The Morgan fingerprint density at radius 2 is 1.95 bits per heavy atom. The van der Waals surface area contributed by atoms with Crippen LogP contribution in [0.5, 0.6) is 11.5 Å². The number of furan rings is 1. The van der Waals surface area contributed by atoms with E-state index in [1.807, 2.05) is 36.4 Å². The molecule has 0 bridgehead atoms. The number of benzene rings is 2. The Morgan fingerprint density at radius 1 is 1.18 bits per heavy atom. The number of phenols is 1. The number of dihydropyridines is 1. The van der Waals surface area contributed by atoms with Gasteiger partial charge in [0.2, 0.25) is 5.75 Å². The van der Waals surface area contributed by atoms with Gasteiger partial charge in [-0.25, -0.2) is 4.79 Å². The molecular weight excluding hydrogens is 504 g/mol. The summed E-state index contributed by atoms with van der Waals surface area (Å²) in [4.78, 5) is 38.3. The first kappa shape index (κ1) is 25.8. The van der Waals surface area contributed by atoms with Crippen LogP contribution in [0.1, 0.15) is 48.5 Å². The van der Waals surface area contributed by atoms with Crippen LogP contribution in [-0.2, 0) is 20.9 Å². The molecule has 0 saturated carbocycles. The molecule has 5 rings (SSSR count). The maximum atomic E-state index is 13.7. The molecule has 0 amide bonds. The average molecular weight is 531 g/mol. The molecule has 3 aromatic rings. The second-order valence-electron chi connectivity index (χ2n) is 9.44. The van der Waals surface area contributed by atoms with Gasteiger partial charge in [-0.1, -0.05) is 30.3 Å². The van der Waals surface area contributed by atoms with Crippen molar-refractivity contribution >= 4 is 17.4 Å². The van der Waals surface area contributed by atoms with Gasteiger partial charge >= 0.3 is 11.7 Å². The van der Waals surface area contributed by atoms with E-state index in [1.165, 1.54) is 19.2 Å². The third kappa shape index (κ3) is 4.88. The van der Waals surface area contributed by atoms with Crippen molar-refractivity contribution in [1.82, 2.24) is 5.32 Å². The molecule has 0 radical (unpaired) electrons. The Labute approximate surface area is 223 Å². The smallest absolute Gasteiger partial charge is 0.337 e. The number of esters is 1. The standard InChI is InChI=1S/C29H26N2O8/c1-16-25(29(34)39-15-17-7-4-3-5-8-17)26(19-12-21(31(35)36)28(33)24(14-19)37-2)27-20(30-16)11-18(13-22(27)32)23-9-6-10-38-23/h3-10,12,14,18,26,30,33H,11,13,15H2,1-2H3/t18-,26+/m0/s1. The number of hydrogen-bond donors (Lipinski definition) is 2. The fourth-order valence-corrected chi connectivity index (χ4v) is 5.24. The van der Waals surface area contributed by atoms with Gasteiger partial charge in [-0.3, -0.25) is 14.9 Å². The van der Waals surface area contributed by atoms with Crippen LogP contribution in [0.2, 0.25) is 0 Å². The monoisotopic (exact) mass is 530 g/mol. The van der Waals surface area contributed by atoms with Gasteiger partial charge in [-0.05, 0) is 42.7 Å². The quantitative estimate of drug-likeness (QED) is 0.245. The number of nitro groups is 1. The molecule has 1 aromatic heterocycles. The van der Waals surface area contributed by atoms with E-state index in [0.717, 1.165) is 5.56 Å². The predicted octanol–water partition coefficient (Wildman–Crippen LogP) is 5.01. The molecule has 0 fully saturated rings. The van der Waals surface area contributed by atoms with Crippen LogP contribution in [0, 0.1) is 10.1 Å². The second kappa shape index (κ2) is 10.5. The van der Waals surface area contributed by atoms with E-state index in [1.54, 1.807) is 19.3 Å². The van der Waals surface area contributed by atoms with Crippen molar-refractivity contribution < 1.29 is 33.5 Å². The number of hydrogen-bond acceptors (Lipinski definition) is 9. The van der Waals surface area contributed by atoms with E-state index < -0.39 is 28.2 Å². The van der Waals surface area contributed by atoms with Gasteiger partial charge in [0, 0.05) is 41.3 Å². The number of nitrogens with zero attached hydrogens (tertiary/aromatic N) is 1. The van der Waals surface area contributed by atoms with Gasteiger partial charge in [-0.15, -0.1) is 0 Å². The Bertz CT molecular complexity index is 1510. The van der Waals surface area contributed by atoms with E-state index in [4.69, 9.17) is 13.9 Å². The number of carbonyl (C=O) groups excluding carboxylic acids is 2. The summed E-state index contributed by atoms with van der Waals surface area (Å²) >= 11 is 0. The molecule has 39 heavy (non-hydrogen) atoms. The van der Waals surface area contributed by atoms with Crippen molar-refractivity contribution in [2.45, 2.75) is 38.2 Å². The fourth-order valence-electron chi connectivity index (χ4n) is 5.24. The minimum Gasteiger partial charge on any atom is -0.500 e. The van der Waals surface area contributed by atoms with Gasteiger partial charge in [0.25, 0.3) is 0 Å². The first-order valence-electron chi connectivity index (χ1n) is 12.3. The van der Waals surface area contributed by atoms with Crippen LogP contribution < -0.4 is 10.1 Å². The molecule has 2 atom stereocenters. The lowest BCUT2D eigenvalue weighted by molar-refractivity contribution is -0.386. The maximum Gasteiger partial charge on any atom is 0.337 e. The summed E-state index contributed by atoms with van der Waals surface area (Å²) in [6.45, 7) is 1.70. The van der Waals surface area contributed by atoms with Crippen molar-refractivity contribution in [2.24, 2.45) is 0 Å². The minimum atomic E-state index is -0.984. The molecule has 10 nitrogen and oxygen atoms in total. The van der Waals surface area contributed by atoms with Gasteiger partial charge in [0.15, 0.2) is 11.5 Å². The molecule has 0 unspecified atom stereocenters. The van der Waals surface area contributed by atoms with Crippen LogP contribution >= 0.6 is 0 Å². The number of ether oxygens (including phenoxy) is 2.